The van der Waals surface area contributed by atoms with Crippen LogP contribution in [0.1, 0.15) is 0 Å². The van der Waals surface area contributed by atoms with Crippen LogP contribution in [0.15, 0.2) is 0 Å². The molecule has 1 aliphatic heterocycles. The van der Waals surface area contributed by atoms with E-state index in [0.29, 0.717) is 0 Å². The molecular weight excluding hydrogens is 343 g/mol. The van der Waals surface area contributed by atoms with Crippen molar-refractivity contribution in [1.29, 1.82) is 0 Å². The topological polar surface area (TPSA) is 207 Å². The number of hydrogen-bond donors (Lipinski definition) is 8. The van der Waals surface area contributed by atoms with E-state index >= 15 is 0 Å². The lowest BCUT2D eigenvalue weighted by Gasteiger charge is -2.24. The Morgan fingerprint density at radius 2 is 1.61 bits per heavy atom. The third kappa shape index (κ3) is 6.31. The summed E-state index contributed by atoms with van der Waals surface area (Å²) in [5, 5.41) is 56.6. The van der Waals surface area contributed by atoms with Gasteiger partial charge in [-0.15, -0.1) is 0 Å². The molecule has 13 heteroatoms. The van der Waals surface area contributed by atoms with Crippen LogP contribution >= 0.6 is 7.82 Å². The van der Waals surface area contributed by atoms with Gasteiger partial charge in [0.2, 0.25) is 0 Å². The van der Waals surface area contributed by atoms with Gasteiger partial charge in [-0.2, -0.15) is 0 Å². The van der Waals surface area contributed by atoms with Crippen molar-refractivity contribution in [3.63, 3.8) is 0 Å². The number of aliphatic hydroxyl groups is 6. The monoisotopic (exact) mass is 364 g/mol. The molecule has 0 radical (unpaired) electrons. The van der Waals surface area contributed by atoms with Crippen LogP contribution in [0.2, 0.25) is 0 Å². The van der Waals surface area contributed by atoms with Crippen molar-refractivity contribution in [1.82, 2.24) is 0 Å². The highest BCUT2D eigenvalue weighted by atomic mass is 31.2. The third-order valence-corrected chi connectivity index (χ3v) is 3.62. The van der Waals surface area contributed by atoms with E-state index in [4.69, 9.17) is 24.4 Å². The van der Waals surface area contributed by atoms with Crippen LogP contribution in [0.4, 0.5) is 0 Å². The molecule has 7 atom stereocenters. The number of rotatable bonds is 9. The summed E-state index contributed by atoms with van der Waals surface area (Å²) >= 11 is 0. The molecule has 0 aromatic rings. The summed E-state index contributed by atoms with van der Waals surface area (Å²) in [6, 6.07) is 0. The minimum atomic E-state index is -4.84. The van der Waals surface area contributed by atoms with Crippen molar-refractivity contribution in [3.05, 3.63) is 0 Å². The molecule has 0 aromatic heterocycles. The summed E-state index contributed by atoms with van der Waals surface area (Å²) in [6.07, 6.45) is -10.7. The van der Waals surface area contributed by atoms with Gasteiger partial charge >= 0.3 is 7.82 Å². The lowest BCUT2D eigenvalue weighted by atomic mass is 10.1. The molecule has 1 saturated heterocycles. The van der Waals surface area contributed by atoms with Crippen molar-refractivity contribution < 1.29 is 59.0 Å². The molecule has 1 rings (SSSR count). The molecular formula is C10H21O12P. The highest BCUT2D eigenvalue weighted by molar-refractivity contribution is 7.46. The first-order chi connectivity index (χ1) is 10.6. The quantitative estimate of drug-likeness (QED) is 0.183. The van der Waals surface area contributed by atoms with Crippen LogP contribution in [0.3, 0.4) is 0 Å². The first kappa shape index (κ1) is 20.8. The Morgan fingerprint density at radius 3 is 2.09 bits per heavy atom. The van der Waals surface area contributed by atoms with Gasteiger partial charge in [0.1, 0.15) is 36.6 Å². The predicted octanol–water partition coefficient (Wildman–Crippen LogP) is -4.37. The molecule has 1 heterocycles. The van der Waals surface area contributed by atoms with Crippen LogP contribution in [-0.2, 0) is 18.6 Å². The lowest BCUT2D eigenvalue weighted by Crippen LogP contribution is -2.43. The van der Waals surface area contributed by atoms with E-state index in [1.165, 1.54) is 0 Å². The number of phosphoric acid groups is 1. The second-order valence-electron chi connectivity index (χ2n) is 4.95. The predicted molar refractivity (Wildman–Crippen MR) is 69.7 cm³/mol. The Hall–Kier alpha value is -0.210. The molecule has 0 aliphatic carbocycles. The molecule has 23 heavy (non-hydrogen) atoms. The first-order valence-electron chi connectivity index (χ1n) is 6.55. The van der Waals surface area contributed by atoms with E-state index in [0.717, 1.165) is 0 Å². The summed E-state index contributed by atoms with van der Waals surface area (Å²) in [6.45, 7) is -2.14. The molecule has 5 unspecified atom stereocenters. The average molecular weight is 364 g/mol. The lowest BCUT2D eigenvalue weighted by molar-refractivity contribution is -0.194. The first-order valence-corrected chi connectivity index (χ1v) is 8.08. The summed E-state index contributed by atoms with van der Waals surface area (Å²) in [7, 11) is -4.84. The van der Waals surface area contributed by atoms with Gasteiger partial charge < -0.3 is 49.9 Å². The number of phosphoric ester groups is 1. The van der Waals surface area contributed by atoms with Gasteiger partial charge in [-0.3, -0.25) is 4.52 Å². The van der Waals surface area contributed by atoms with E-state index in [1.807, 2.05) is 0 Å². The van der Waals surface area contributed by atoms with Gasteiger partial charge in [0.05, 0.1) is 19.8 Å². The maximum absolute atomic E-state index is 10.5. The van der Waals surface area contributed by atoms with Crippen LogP contribution in [0.25, 0.3) is 0 Å². The molecule has 0 saturated carbocycles. The zero-order valence-corrected chi connectivity index (χ0v) is 12.7. The molecule has 0 bridgehead atoms. The van der Waals surface area contributed by atoms with E-state index in [2.05, 4.69) is 4.52 Å². The largest absolute Gasteiger partial charge is 0.469 e. The van der Waals surface area contributed by atoms with Crippen molar-refractivity contribution >= 4 is 7.82 Å². The molecule has 0 amide bonds. The average Bonchev–Trinajstić information content (AvgIpc) is 2.76. The Morgan fingerprint density at radius 1 is 1.04 bits per heavy atom. The number of aliphatic hydroxyl groups excluding tert-OH is 6. The maximum atomic E-state index is 10.5. The summed E-state index contributed by atoms with van der Waals surface area (Å²) in [4.78, 5) is 16.9. The Bertz CT molecular complexity index is 401. The normalized spacial score (nSPS) is 32.7. The Labute approximate surface area is 130 Å². The van der Waals surface area contributed by atoms with Gasteiger partial charge in [-0.05, 0) is 0 Å². The number of hydrogen-bond acceptors (Lipinski definition) is 10. The van der Waals surface area contributed by atoms with Crippen LogP contribution < -0.4 is 0 Å². The number of ether oxygens (including phenoxy) is 2. The fourth-order valence-electron chi connectivity index (χ4n) is 1.82. The molecule has 1 aliphatic rings. The fourth-order valence-corrected chi connectivity index (χ4v) is 2.17. The fraction of sp³-hybridized carbons (Fsp3) is 1.00. The SMILES string of the molecule is O=P(O)(O)OCC(O)C(O)C(O)CO[C@@H]1O[C@H](CO)C(O)C1O. The van der Waals surface area contributed by atoms with Crippen molar-refractivity contribution in [2.45, 2.75) is 42.9 Å². The van der Waals surface area contributed by atoms with E-state index in [1.54, 1.807) is 0 Å². The van der Waals surface area contributed by atoms with E-state index < -0.39 is 70.6 Å². The van der Waals surface area contributed by atoms with Crippen molar-refractivity contribution in [3.8, 4) is 0 Å². The second kappa shape index (κ2) is 8.76. The second-order valence-corrected chi connectivity index (χ2v) is 6.19. The molecule has 0 spiro atoms. The molecule has 8 N–H and O–H groups in total. The van der Waals surface area contributed by atoms with Crippen molar-refractivity contribution in [2.24, 2.45) is 0 Å². The van der Waals surface area contributed by atoms with Crippen LogP contribution in [0, 0.1) is 0 Å². The van der Waals surface area contributed by atoms with Gasteiger partial charge in [0, 0.05) is 0 Å². The molecule has 1 fully saturated rings. The third-order valence-electron chi connectivity index (χ3n) is 3.13. The zero-order chi connectivity index (χ0) is 17.8. The smallest absolute Gasteiger partial charge is 0.394 e. The van der Waals surface area contributed by atoms with Gasteiger partial charge in [-0.1, -0.05) is 0 Å². The standard InChI is InChI=1S/C10H21O12P/c11-1-6-8(15)9(16)10(22-6)20-2-4(12)7(14)5(13)3-21-23(17,18)19/h4-16H,1-3H2,(H2,17,18,19)/t4?,5?,6-,7?,8?,9?,10-/m1/s1. The minimum Gasteiger partial charge on any atom is -0.394 e. The Kier molecular flexibility index (Phi) is 7.93. The summed E-state index contributed by atoms with van der Waals surface area (Å²) < 4.78 is 24.3. The van der Waals surface area contributed by atoms with Crippen LogP contribution in [-0.4, -0.2) is 103 Å². The molecule has 138 valence electrons. The molecule has 0 aromatic carbocycles. The van der Waals surface area contributed by atoms with Gasteiger partial charge in [0.15, 0.2) is 6.29 Å². The highest BCUT2D eigenvalue weighted by Gasteiger charge is 2.43. The minimum absolute atomic E-state index is 0.568. The zero-order valence-electron chi connectivity index (χ0n) is 11.8. The van der Waals surface area contributed by atoms with Gasteiger partial charge in [-0.25, -0.2) is 4.57 Å². The molecule has 12 nitrogen and oxygen atoms in total. The summed E-state index contributed by atoms with van der Waals surface area (Å²) in [5.41, 5.74) is 0. The van der Waals surface area contributed by atoms with E-state index in [-0.39, 0.29) is 0 Å². The summed E-state index contributed by atoms with van der Waals surface area (Å²) in [5.74, 6) is 0. The Balaban J connectivity index is 2.40. The van der Waals surface area contributed by atoms with Gasteiger partial charge in [0.25, 0.3) is 0 Å². The van der Waals surface area contributed by atoms with Crippen LogP contribution in [0.5, 0.6) is 0 Å². The maximum Gasteiger partial charge on any atom is 0.469 e. The van der Waals surface area contributed by atoms with Crippen molar-refractivity contribution in [2.75, 3.05) is 19.8 Å². The highest BCUT2D eigenvalue weighted by Crippen LogP contribution is 2.35. The van der Waals surface area contributed by atoms with E-state index in [9.17, 15) is 30.1 Å².